The van der Waals surface area contributed by atoms with Crippen molar-refractivity contribution in [3.63, 3.8) is 0 Å². The van der Waals surface area contributed by atoms with Crippen LogP contribution in [0.5, 0.6) is 0 Å². The Balaban J connectivity index is 2.55. The van der Waals surface area contributed by atoms with E-state index in [0.717, 1.165) is 6.07 Å². The molecule has 15 heavy (non-hydrogen) atoms. The molecule has 0 atom stereocenters. The fourth-order valence-corrected chi connectivity index (χ4v) is 1.02. The van der Waals surface area contributed by atoms with Crippen LogP contribution >= 0.6 is 0 Å². The molecule has 0 heterocycles. The number of hydrogen-bond donors (Lipinski definition) is 3. The fourth-order valence-electron chi connectivity index (χ4n) is 1.02. The first-order valence-electron chi connectivity index (χ1n) is 4.29. The third kappa shape index (κ3) is 3.08. The highest BCUT2D eigenvalue weighted by molar-refractivity contribution is 5.80. The summed E-state index contributed by atoms with van der Waals surface area (Å²) in [6, 6.07) is 3.83. The van der Waals surface area contributed by atoms with Gasteiger partial charge in [0.15, 0.2) is 11.6 Å². The van der Waals surface area contributed by atoms with E-state index in [-0.39, 0.29) is 24.5 Å². The summed E-state index contributed by atoms with van der Waals surface area (Å²) in [6.07, 6.45) is 0.243. The van der Waals surface area contributed by atoms with Crippen LogP contribution in [0.3, 0.4) is 0 Å². The molecule has 0 amide bonds. The Bertz CT molecular complexity index is 368. The number of benzene rings is 1. The van der Waals surface area contributed by atoms with Crippen molar-refractivity contribution in [2.24, 2.45) is 10.9 Å². The minimum Gasteiger partial charge on any atom is -0.409 e. The summed E-state index contributed by atoms with van der Waals surface area (Å²) in [5.74, 6) is -1.82. The highest BCUT2D eigenvalue weighted by Gasteiger charge is 2.06. The molecule has 0 aromatic heterocycles. The van der Waals surface area contributed by atoms with E-state index in [9.17, 15) is 8.78 Å². The van der Waals surface area contributed by atoms with Crippen molar-refractivity contribution in [2.75, 3.05) is 11.9 Å². The van der Waals surface area contributed by atoms with Crippen LogP contribution in [0, 0.1) is 11.6 Å². The van der Waals surface area contributed by atoms with E-state index in [4.69, 9.17) is 10.9 Å². The van der Waals surface area contributed by atoms with Gasteiger partial charge in [0.25, 0.3) is 0 Å². The largest absolute Gasteiger partial charge is 0.409 e. The van der Waals surface area contributed by atoms with Gasteiger partial charge in [-0.1, -0.05) is 11.2 Å². The predicted molar refractivity (Wildman–Crippen MR) is 52.9 cm³/mol. The number of halogens is 2. The monoisotopic (exact) mass is 215 g/mol. The number of nitrogens with two attached hydrogens (primary N) is 1. The quantitative estimate of drug-likeness (QED) is 0.308. The van der Waals surface area contributed by atoms with Crippen LogP contribution in [0.2, 0.25) is 0 Å². The van der Waals surface area contributed by atoms with Gasteiger partial charge < -0.3 is 16.3 Å². The van der Waals surface area contributed by atoms with Crippen LogP contribution in [0.1, 0.15) is 6.42 Å². The van der Waals surface area contributed by atoms with Gasteiger partial charge in [-0.25, -0.2) is 8.78 Å². The molecule has 0 spiro atoms. The Labute approximate surface area is 85.4 Å². The zero-order chi connectivity index (χ0) is 11.3. The van der Waals surface area contributed by atoms with E-state index in [1.807, 2.05) is 0 Å². The molecule has 0 saturated heterocycles. The van der Waals surface area contributed by atoms with Gasteiger partial charge in [0, 0.05) is 13.0 Å². The van der Waals surface area contributed by atoms with E-state index >= 15 is 0 Å². The molecule has 4 N–H and O–H groups in total. The van der Waals surface area contributed by atoms with Gasteiger partial charge in [0.05, 0.1) is 5.69 Å². The maximum atomic E-state index is 13.1. The minimum atomic E-state index is -0.933. The summed E-state index contributed by atoms with van der Waals surface area (Å²) in [6.45, 7) is 0.260. The molecule has 0 saturated carbocycles. The molecule has 0 fully saturated rings. The van der Waals surface area contributed by atoms with Crippen molar-refractivity contribution in [1.82, 2.24) is 0 Å². The van der Waals surface area contributed by atoms with Crippen molar-refractivity contribution in [3.05, 3.63) is 29.8 Å². The number of anilines is 1. The molecule has 0 aliphatic heterocycles. The topological polar surface area (TPSA) is 70.6 Å². The summed E-state index contributed by atoms with van der Waals surface area (Å²) in [5.41, 5.74) is 5.25. The van der Waals surface area contributed by atoms with Gasteiger partial charge in [0.2, 0.25) is 0 Å². The van der Waals surface area contributed by atoms with Gasteiger partial charge in [-0.2, -0.15) is 0 Å². The molecule has 1 aromatic carbocycles. The third-order valence-electron chi connectivity index (χ3n) is 1.78. The average molecular weight is 215 g/mol. The fraction of sp³-hybridized carbons (Fsp3) is 0.222. The Morgan fingerprint density at radius 3 is 2.87 bits per heavy atom. The first-order chi connectivity index (χ1) is 7.15. The summed E-state index contributed by atoms with van der Waals surface area (Å²) in [5, 5.41) is 13.6. The maximum Gasteiger partial charge on any atom is 0.181 e. The van der Waals surface area contributed by atoms with Crippen molar-refractivity contribution < 1.29 is 14.0 Å². The molecule has 0 aliphatic carbocycles. The average Bonchev–Trinajstić information content (AvgIpc) is 2.24. The number of hydrogen-bond acceptors (Lipinski definition) is 3. The predicted octanol–water partition coefficient (Wildman–Crippen LogP) is 1.51. The standard InChI is InChI=1S/C9H11F2N3O/c10-6-2-1-3-7(9(6)11)13-5-4-8(12)14-15/h1-3,13,15H,4-5H2,(H2,12,14). The molecule has 0 unspecified atom stereocenters. The summed E-state index contributed by atoms with van der Waals surface area (Å²) in [4.78, 5) is 0. The van der Waals surface area contributed by atoms with Gasteiger partial charge in [-0.3, -0.25) is 0 Å². The number of nitrogens with zero attached hydrogens (tertiary/aromatic N) is 1. The van der Waals surface area contributed by atoms with Crippen molar-refractivity contribution in [2.45, 2.75) is 6.42 Å². The van der Waals surface area contributed by atoms with Crippen molar-refractivity contribution in [3.8, 4) is 0 Å². The Morgan fingerprint density at radius 2 is 2.20 bits per heavy atom. The number of rotatable bonds is 4. The van der Waals surface area contributed by atoms with Crippen LogP contribution in [0.15, 0.2) is 23.4 Å². The lowest BCUT2D eigenvalue weighted by Crippen LogP contribution is -2.17. The van der Waals surface area contributed by atoms with Crippen LogP contribution in [-0.4, -0.2) is 17.6 Å². The lowest BCUT2D eigenvalue weighted by Gasteiger charge is -2.06. The van der Waals surface area contributed by atoms with E-state index in [2.05, 4.69) is 10.5 Å². The first kappa shape index (κ1) is 11.2. The molecule has 1 aromatic rings. The molecule has 0 radical (unpaired) electrons. The Hall–Kier alpha value is -1.85. The molecule has 82 valence electrons. The second kappa shape index (κ2) is 5.14. The normalized spacial score (nSPS) is 11.5. The molecule has 1 rings (SSSR count). The second-order valence-corrected chi connectivity index (χ2v) is 2.87. The zero-order valence-corrected chi connectivity index (χ0v) is 7.87. The maximum absolute atomic E-state index is 13.1. The Morgan fingerprint density at radius 1 is 1.47 bits per heavy atom. The lowest BCUT2D eigenvalue weighted by molar-refractivity contribution is 0.317. The summed E-state index contributed by atoms with van der Waals surface area (Å²) >= 11 is 0. The second-order valence-electron chi connectivity index (χ2n) is 2.87. The van der Waals surface area contributed by atoms with Gasteiger partial charge >= 0.3 is 0 Å². The van der Waals surface area contributed by atoms with E-state index in [1.54, 1.807) is 0 Å². The minimum absolute atomic E-state index is 0.0271. The Kier molecular flexibility index (Phi) is 3.84. The SMILES string of the molecule is NC(CCNc1cccc(F)c1F)=NO. The van der Waals surface area contributed by atoms with E-state index in [0.29, 0.717) is 0 Å². The smallest absolute Gasteiger partial charge is 0.181 e. The van der Waals surface area contributed by atoms with E-state index in [1.165, 1.54) is 12.1 Å². The third-order valence-corrected chi connectivity index (χ3v) is 1.78. The molecular weight excluding hydrogens is 204 g/mol. The highest BCUT2D eigenvalue weighted by Crippen LogP contribution is 2.16. The number of amidine groups is 1. The summed E-state index contributed by atoms with van der Waals surface area (Å²) in [7, 11) is 0. The van der Waals surface area contributed by atoms with Crippen LogP contribution in [-0.2, 0) is 0 Å². The van der Waals surface area contributed by atoms with Crippen molar-refractivity contribution in [1.29, 1.82) is 0 Å². The van der Waals surface area contributed by atoms with Gasteiger partial charge in [-0.15, -0.1) is 0 Å². The molecule has 0 bridgehead atoms. The van der Waals surface area contributed by atoms with Gasteiger partial charge in [0.1, 0.15) is 5.84 Å². The van der Waals surface area contributed by atoms with Crippen LogP contribution in [0.4, 0.5) is 14.5 Å². The number of nitrogens with one attached hydrogen (secondary N) is 1. The molecular formula is C9H11F2N3O. The number of oxime groups is 1. The summed E-state index contributed by atoms with van der Waals surface area (Å²) < 4.78 is 25.8. The molecule has 0 aliphatic rings. The van der Waals surface area contributed by atoms with Crippen LogP contribution < -0.4 is 11.1 Å². The van der Waals surface area contributed by atoms with Gasteiger partial charge in [-0.05, 0) is 12.1 Å². The zero-order valence-electron chi connectivity index (χ0n) is 7.87. The lowest BCUT2D eigenvalue weighted by atomic mass is 10.3. The van der Waals surface area contributed by atoms with Crippen LogP contribution in [0.25, 0.3) is 0 Å². The first-order valence-corrected chi connectivity index (χ1v) is 4.29. The molecule has 4 nitrogen and oxygen atoms in total. The van der Waals surface area contributed by atoms with Crippen molar-refractivity contribution >= 4 is 11.5 Å². The van der Waals surface area contributed by atoms with E-state index < -0.39 is 11.6 Å². The molecule has 6 heteroatoms. The highest BCUT2D eigenvalue weighted by atomic mass is 19.2.